The molecule has 2 aliphatic carbocycles. The molecule has 244 valence electrons. The van der Waals surface area contributed by atoms with Crippen LogP contribution in [0, 0.1) is 0 Å². The van der Waals surface area contributed by atoms with Crippen molar-refractivity contribution in [2.45, 2.75) is 73.2 Å². The fraction of sp³-hybridized carbons (Fsp3) is 0.800. The molecule has 5 rings (SSSR count). The molecule has 0 amide bonds. The number of aryl methyl sites for hydroxylation is 1. The zero-order valence-corrected chi connectivity index (χ0v) is 25.8. The van der Waals surface area contributed by atoms with E-state index in [1.165, 1.54) is 25.3 Å². The van der Waals surface area contributed by atoms with Crippen LogP contribution >= 0.6 is 0 Å². The van der Waals surface area contributed by atoms with Crippen LogP contribution in [0.1, 0.15) is 22.3 Å². The van der Waals surface area contributed by atoms with Crippen LogP contribution in [0.3, 0.4) is 0 Å². The largest absolute Gasteiger partial charge is 0.377 e. The summed E-state index contributed by atoms with van der Waals surface area (Å²) in [6.07, 6.45) is -3.47. The highest BCUT2D eigenvalue weighted by molar-refractivity contribution is 5.57. The predicted molar refractivity (Wildman–Crippen MR) is 149 cm³/mol. The second kappa shape index (κ2) is 14.0. The fourth-order valence-corrected chi connectivity index (χ4v) is 7.27. The standard InChI is InChI=1S/C30H46O13/c1-33-23-20(42-27(31)25(35-3)24(23)34-2)15-40-13-11-39-12-14-41-16-21-26(36-4)29(38-6)22-18-9-7-17(18)8-10-19(22)30(32,43-21)28(29)37-5/h8,10,20-21,23-28,31-32H,7,9,11-16H2,1-6H3/t20-,21-,23+,24+,25-,26+,27-,28-,29+,30-/m1/s1. The van der Waals surface area contributed by atoms with E-state index in [0.29, 0.717) is 32.0 Å². The number of ether oxygens (including phenoxy) is 11. The molecule has 4 aliphatic rings. The molecule has 2 bridgehead atoms. The number of benzene rings is 1. The summed E-state index contributed by atoms with van der Waals surface area (Å²) < 4.78 is 63.6. The highest BCUT2D eigenvalue weighted by Crippen LogP contribution is 2.60. The second-order valence-electron chi connectivity index (χ2n) is 11.2. The fourth-order valence-electron chi connectivity index (χ4n) is 7.27. The third kappa shape index (κ3) is 5.56. The van der Waals surface area contributed by atoms with Gasteiger partial charge in [-0.15, -0.1) is 0 Å². The lowest BCUT2D eigenvalue weighted by Gasteiger charge is -2.51. The molecule has 1 aromatic carbocycles. The van der Waals surface area contributed by atoms with Crippen LogP contribution in [-0.2, 0) is 76.3 Å². The highest BCUT2D eigenvalue weighted by atomic mass is 16.7. The average Bonchev–Trinajstić information content (AvgIpc) is 3.14. The van der Waals surface area contributed by atoms with Gasteiger partial charge >= 0.3 is 0 Å². The Morgan fingerprint density at radius 2 is 1.42 bits per heavy atom. The summed E-state index contributed by atoms with van der Waals surface area (Å²) in [6.45, 7) is 1.58. The normalized spacial score (nSPS) is 38.0. The molecule has 43 heavy (non-hydrogen) atoms. The van der Waals surface area contributed by atoms with E-state index in [-0.39, 0.29) is 13.2 Å². The number of fused-ring (bicyclic) bond motifs is 7. The summed E-state index contributed by atoms with van der Waals surface area (Å²) in [5.74, 6) is -1.70. The van der Waals surface area contributed by atoms with Crippen LogP contribution in [0.5, 0.6) is 0 Å². The maximum atomic E-state index is 11.9. The lowest BCUT2D eigenvalue weighted by molar-refractivity contribution is -0.383. The van der Waals surface area contributed by atoms with Gasteiger partial charge in [0.05, 0.1) is 39.6 Å². The molecule has 13 nitrogen and oxygen atoms in total. The van der Waals surface area contributed by atoms with Gasteiger partial charge in [0, 0.05) is 53.8 Å². The van der Waals surface area contributed by atoms with E-state index >= 15 is 0 Å². The number of methoxy groups -OCH3 is 6. The molecule has 0 unspecified atom stereocenters. The van der Waals surface area contributed by atoms with Crippen molar-refractivity contribution >= 4 is 0 Å². The van der Waals surface area contributed by atoms with E-state index in [4.69, 9.17) is 52.1 Å². The smallest absolute Gasteiger partial charge is 0.223 e. The van der Waals surface area contributed by atoms with Crippen molar-refractivity contribution in [3.05, 3.63) is 34.4 Å². The van der Waals surface area contributed by atoms with Crippen molar-refractivity contribution in [3.63, 3.8) is 0 Å². The van der Waals surface area contributed by atoms with Crippen molar-refractivity contribution in [1.29, 1.82) is 0 Å². The van der Waals surface area contributed by atoms with Gasteiger partial charge in [0.2, 0.25) is 5.79 Å². The molecule has 10 atom stereocenters. The molecule has 1 aromatic rings. The zero-order chi connectivity index (χ0) is 30.8. The topological polar surface area (TPSA) is 142 Å². The quantitative estimate of drug-likeness (QED) is 0.242. The molecular formula is C30H46O13. The summed E-state index contributed by atoms with van der Waals surface area (Å²) in [6, 6.07) is 3.95. The Morgan fingerprint density at radius 1 is 0.767 bits per heavy atom. The number of aliphatic hydroxyl groups excluding tert-OH is 1. The zero-order valence-electron chi connectivity index (χ0n) is 25.8. The first-order valence-corrected chi connectivity index (χ1v) is 14.7. The van der Waals surface area contributed by atoms with Gasteiger partial charge in [-0.3, -0.25) is 0 Å². The van der Waals surface area contributed by atoms with Gasteiger partial charge in [0.15, 0.2) is 18.0 Å². The summed E-state index contributed by atoms with van der Waals surface area (Å²) in [5.41, 5.74) is 2.93. The first kappa shape index (κ1) is 33.1. The number of aliphatic hydroxyl groups is 2. The Labute approximate surface area is 252 Å². The van der Waals surface area contributed by atoms with Gasteiger partial charge < -0.3 is 62.3 Å². The highest BCUT2D eigenvalue weighted by Gasteiger charge is 2.72. The van der Waals surface area contributed by atoms with Gasteiger partial charge in [0.1, 0.15) is 36.6 Å². The molecule has 2 heterocycles. The summed E-state index contributed by atoms with van der Waals surface area (Å²) in [7, 11) is 9.33. The summed E-state index contributed by atoms with van der Waals surface area (Å²) in [5, 5.41) is 22.1. The Kier molecular flexibility index (Phi) is 10.8. The summed E-state index contributed by atoms with van der Waals surface area (Å²) >= 11 is 0. The minimum absolute atomic E-state index is 0.154. The first-order chi connectivity index (χ1) is 20.9. The number of rotatable bonds is 16. The third-order valence-corrected chi connectivity index (χ3v) is 9.23. The van der Waals surface area contributed by atoms with Crippen molar-refractivity contribution in [2.75, 3.05) is 82.3 Å². The SMILES string of the molecule is CO[C@@H]1[C@@H](OC)[C@H](O)O[C@H](COCCOCCOC[C@H]2O[C@]3(O)c4ccc5c(c4[C@@](OC)([C@H]3OC)[C@H]2OC)CC5)[C@@H]1OC. The Balaban J connectivity index is 1.08. The second-order valence-corrected chi connectivity index (χ2v) is 11.2. The minimum atomic E-state index is -1.70. The van der Waals surface area contributed by atoms with Crippen LogP contribution in [0.4, 0.5) is 0 Å². The van der Waals surface area contributed by atoms with Crippen molar-refractivity contribution in [3.8, 4) is 0 Å². The van der Waals surface area contributed by atoms with E-state index in [2.05, 4.69) is 0 Å². The predicted octanol–water partition coefficient (Wildman–Crippen LogP) is 0.0264. The van der Waals surface area contributed by atoms with Gasteiger partial charge in [-0.1, -0.05) is 12.1 Å². The van der Waals surface area contributed by atoms with Gasteiger partial charge in [0.25, 0.3) is 0 Å². The molecule has 2 aliphatic heterocycles. The molecule has 13 heteroatoms. The molecule has 0 aromatic heterocycles. The Morgan fingerprint density at radius 3 is 1.98 bits per heavy atom. The monoisotopic (exact) mass is 614 g/mol. The van der Waals surface area contributed by atoms with Gasteiger partial charge in [-0.2, -0.15) is 0 Å². The maximum Gasteiger partial charge on any atom is 0.223 e. The van der Waals surface area contributed by atoms with Crippen LogP contribution in [-0.4, -0.2) is 142 Å². The number of hydrogen-bond acceptors (Lipinski definition) is 13. The Hall–Kier alpha value is -1.30. The molecule has 2 saturated heterocycles. The molecule has 0 radical (unpaired) electrons. The van der Waals surface area contributed by atoms with E-state index < -0.39 is 60.4 Å². The lowest BCUT2D eigenvalue weighted by Crippen LogP contribution is -2.66. The van der Waals surface area contributed by atoms with Crippen LogP contribution in [0.2, 0.25) is 0 Å². The first-order valence-electron chi connectivity index (χ1n) is 14.7. The van der Waals surface area contributed by atoms with Gasteiger partial charge in [-0.25, -0.2) is 0 Å². The van der Waals surface area contributed by atoms with Crippen molar-refractivity contribution < 1.29 is 62.3 Å². The molecule has 2 fully saturated rings. The van der Waals surface area contributed by atoms with E-state index in [9.17, 15) is 10.2 Å². The Bertz CT molecular complexity index is 1070. The molecular weight excluding hydrogens is 568 g/mol. The van der Waals surface area contributed by atoms with E-state index in [1.807, 2.05) is 12.1 Å². The minimum Gasteiger partial charge on any atom is -0.377 e. The lowest BCUT2D eigenvalue weighted by atomic mass is 9.75. The van der Waals surface area contributed by atoms with Crippen LogP contribution in [0.25, 0.3) is 0 Å². The molecule has 2 N–H and O–H groups in total. The molecule has 0 saturated carbocycles. The van der Waals surface area contributed by atoms with E-state index in [1.54, 1.807) is 28.4 Å². The van der Waals surface area contributed by atoms with E-state index in [0.717, 1.165) is 18.4 Å². The van der Waals surface area contributed by atoms with Crippen LogP contribution < -0.4 is 0 Å². The maximum absolute atomic E-state index is 11.9. The van der Waals surface area contributed by atoms with Crippen molar-refractivity contribution in [2.24, 2.45) is 0 Å². The molecule has 0 spiro atoms. The number of hydrogen-bond donors (Lipinski definition) is 2. The average molecular weight is 615 g/mol. The van der Waals surface area contributed by atoms with Crippen molar-refractivity contribution in [1.82, 2.24) is 0 Å². The van der Waals surface area contributed by atoms with Crippen LogP contribution in [0.15, 0.2) is 12.1 Å². The summed E-state index contributed by atoms with van der Waals surface area (Å²) in [4.78, 5) is 0. The van der Waals surface area contributed by atoms with Gasteiger partial charge in [-0.05, 0) is 24.0 Å². The third-order valence-electron chi connectivity index (χ3n) is 9.23.